The third kappa shape index (κ3) is 4.79. The number of nitrogens with zero attached hydrogens (tertiary/aromatic N) is 1. The van der Waals surface area contributed by atoms with Crippen LogP contribution in [-0.4, -0.2) is 59.3 Å². The van der Waals surface area contributed by atoms with Crippen LogP contribution in [-0.2, 0) is 21.4 Å². The highest BCUT2D eigenvalue weighted by molar-refractivity contribution is 7.88. The maximum absolute atomic E-state index is 12.4. The predicted molar refractivity (Wildman–Crippen MR) is 97.1 cm³/mol. The van der Waals surface area contributed by atoms with E-state index >= 15 is 0 Å². The molecule has 2 rings (SSSR count). The molecule has 1 aromatic rings. The molecule has 1 heterocycles. The molecule has 26 heavy (non-hydrogen) atoms. The number of hydrogen-bond acceptors (Lipinski definition) is 6. The second-order valence-electron chi connectivity index (χ2n) is 6.19. The molecule has 0 spiro atoms. The van der Waals surface area contributed by atoms with E-state index in [1.807, 2.05) is 0 Å². The number of methoxy groups -OCH3 is 3. The molecule has 0 aromatic heterocycles. The Morgan fingerprint density at radius 3 is 2.08 bits per heavy atom. The van der Waals surface area contributed by atoms with E-state index in [4.69, 9.17) is 14.2 Å². The first-order chi connectivity index (χ1) is 12.3. The molecule has 0 unspecified atom stereocenters. The van der Waals surface area contributed by atoms with E-state index < -0.39 is 10.0 Å². The molecule has 1 aliphatic rings. The second kappa shape index (κ2) is 8.59. The zero-order valence-corrected chi connectivity index (χ0v) is 16.4. The SMILES string of the molecule is COc1cc(CNC(=O)C2CCN(S(C)(=O)=O)CC2)cc(OC)c1OC. The Hall–Kier alpha value is -2.00. The van der Waals surface area contributed by atoms with E-state index in [2.05, 4.69) is 5.32 Å². The van der Waals surface area contributed by atoms with Crippen molar-refractivity contribution in [2.24, 2.45) is 5.92 Å². The van der Waals surface area contributed by atoms with Crippen molar-refractivity contribution in [3.8, 4) is 17.2 Å². The van der Waals surface area contributed by atoms with Gasteiger partial charge in [0, 0.05) is 25.6 Å². The number of ether oxygens (including phenoxy) is 3. The van der Waals surface area contributed by atoms with Crippen LogP contribution in [0.4, 0.5) is 0 Å². The van der Waals surface area contributed by atoms with Crippen LogP contribution < -0.4 is 19.5 Å². The highest BCUT2D eigenvalue weighted by atomic mass is 32.2. The van der Waals surface area contributed by atoms with Gasteiger partial charge in [0.15, 0.2) is 11.5 Å². The summed E-state index contributed by atoms with van der Waals surface area (Å²) in [5, 5.41) is 2.90. The first-order valence-electron chi connectivity index (χ1n) is 8.31. The molecule has 1 amide bonds. The molecule has 0 aliphatic carbocycles. The lowest BCUT2D eigenvalue weighted by Gasteiger charge is -2.29. The maximum atomic E-state index is 12.4. The fraction of sp³-hybridized carbons (Fsp3) is 0.588. The highest BCUT2D eigenvalue weighted by Crippen LogP contribution is 2.38. The van der Waals surface area contributed by atoms with Gasteiger partial charge in [-0.15, -0.1) is 0 Å². The molecule has 146 valence electrons. The van der Waals surface area contributed by atoms with Crippen LogP contribution in [0.2, 0.25) is 0 Å². The Kier molecular flexibility index (Phi) is 6.71. The lowest BCUT2D eigenvalue weighted by atomic mass is 9.97. The average Bonchev–Trinajstić information content (AvgIpc) is 2.64. The molecular formula is C17H26N2O6S. The number of benzene rings is 1. The monoisotopic (exact) mass is 386 g/mol. The van der Waals surface area contributed by atoms with Gasteiger partial charge < -0.3 is 19.5 Å². The van der Waals surface area contributed by atoms with Gasteiger partial charge in [-0.1, -0.05) is 0 Å². The molecule has 1 N–H and O–H groups in total. The first-order valence-corrected chi connectivity index (χ1v) is 10.2. The molecule has 1 fully saturated rings. The number of sulfonamides is 1. The fourth-order valence-corrected chi connectivity index (χ4v) is 3.89. The van der Waals surface area contributed by atoms with E-state index in [9.17, 15) is 13.2 Å². The molecule has 0 atom stereocenters. The second-order valence-corrected chi connectivity index (χ2v) is 8.17. The van der Waals surface area contributed by atoms with E-state index in [0.29, 0.717) is 49.7 Å². The third-order valence-corrected chi connectivity index (χ3v) is 5.79. The van der Waals surface area contributed by atoms with Crippen molar-refractivity contribution in [3.05, 3.63) is 17.7 Å². The summed E-state index contributed by atoms with van der Waals surface area (Å²) in [5.74, 6) is 1.29. The standard InChI is InChI=1S/C17H26N2O6S/c1-23-14-9-12(10-15(24-2)16(14)25-3)11-18-17(20)13-5-7-19(8-6-13)26(4,21)22/h9-10,13H,5-8,11H2,1-4H3,(H,18,20). The van der Waals surface area contributed by atoms with Gasteiger partial charge in [-0.3, -0.25) is 4.79 Å². The largest absolute Gasteiger partial charge is 0.493 e. The van der Waals surface area contributed by atoms with Crippen molar-refractivity contribution >= 4 is 15.9 Å². The van der Waals surface area contributed by atoms with Crippen molar-refractivity contribution in [1.82, 2.24) is 9.62 Å². The molecule has 0 radical (unpaired) electrons. The Balaban J connectivity index is 1.98. The number of hydrogen-bond donors (Lipinski definition) is 1. The van der Waals surface area contributed by atoms with Gasteiger partial charge in [-0.25, -0.2) is 12.7 Å². The lowest BCUT2D eigenvalue weighted by Crippen LogP contribution is -2.42. The number of amides is 1. The maximum Gasteiger partial charge on any atom is 0.223 e. The van der Waals surface area contributed by atoms with Gasteiger partial charge in [0.25, 0.3) is 0 Å². The van der Waals surface area contributed by atoms with Crippen LogP contribution in [0.3, 0.4) is 0 Å². The summed E-state index contributed by atoms with van der Waals surface area (Å²) >= 11 is 0. The van der Waals surface area contributed by atoms with Gasteiger partial charge in [0.1, 0.15) is 0 Å². The Morgan fingerprint density at radius 2 is 1.65 bits per heavy atom. The summed E-state index contributed by atoms with van der Waals surface area (Å²) in [5.41, 5.74) is 0.821. The zero-order chi connectivity index (χ0) is 19.3. The van der Waals surface area contributed by atoms with Gasteiger partial charge >= 0.3 is 0 Å². The van der Waals surface area contributed by atoms with E-state index in [1.165, 1.54) is 31.9 Å². The minimum atomic E-state index is -3.19. The fourth-order valence-electron chi connectivity index (χ4n) is 3.02. The van der Waals surface area contributed by atoms with E-state index in [1.54, 1.807) is 12.1 Å². The first kappa shape index (κ1) is 20.3. The van der Waals surface area contributed by atoms with Crippen molar-refractivity contribution in [3.63, 3.8) is 0 Å². The van der Waals surface area contributed by atoms with Crippen molar-refractivity contribution < 1.29 is 27.4 Å². The molecule has 1 aromatic carbocycles. The number of carbonyl (C=O) groups is 1. The predicted octanol–water partition coefficient (Wildman–Crippen LogP) is 1.00. The lowest BCUT2D eigenvalue weighted by molar-refractivity contribution is -0.126. The Morgan fingerprint density at radius 1 is 1.12 bits per heavy atom. The van der Waals surface area contributed by atoms with Crippen LogP contribution >= 0.6 is 0 Å². The summed E-state index contributed by atoms with van der Waals surface area (Å²) in [7, 11) is 1.42. The average molecular weight is 386 g/mol. The highest BCUT2D eigenvalue weighted by Gasteiger charge is 2.28. The summed E-state index contributed by atoms with van der Waals surface area (Å²) in [6, 6.07) is 3.57. The van der Waals surface area contributed by atoms with E-state index in [-0.39, 0.29) is 11.8 Å². The van der Waals surface area contributed by atoms with E-state index in [0.717, 1.165) is 5.56 Å². The number of piperidine rings is 1. The Bertz CT molecular complexity index is 717. The zero-order valence-electron chi connectivity index (χ0n) is 15.6. The van der Waals surface area contributed by atoms with Crippen molar-refractivity contribution in [1.29, 1.82) is 0 Å². The Labute approximate surface area is 154 Å². The molecule has 0 bridgehead atoms. The number of nitrogens with one attached hydrogen (secondary N) is 1. The number of rotatable bonds is 7. The minimum absolute atomic E-state index is 0.0769. The topological polar surface area (TPSA) is 94.2 Å². The van der Waals surface area contributed by atoms with Gasteiger partial charge in [0.2, 0.25) is 21.7 Å². The number of carbonyl (C=O) groups excluding carboxylic acids is 1. The molecule has 9 heteroatoms. The van der Waals surface area contributed by atoms with Crippen LogP contribution in [0, 0.1) is 5.92 Å². The molecule has 0 saturated carbocycles. The molecular weight excluding hydrogens is 360 g/mol. The molecule has 8 nitrogen and oxygen atoms in total. The van der Waals surface area contributed by atoms with Gasteiger partial charge in [-0.2, -0.15) is 0 Å². The minimum Gasteiger partial charge on any atom is -0.493 e. The summed E-state index contributed by atoms with van der Waals surface area (Å²) in [6.45, 7) is 1.07. The smallest absolute Gasteiger partial charge is 0.223 e. The van der Waals surface area contributed by atoms with Crippen LogP contribution in [0.15, 0.2) is 12.1 Å². The van der Waals surface area contributed by atoms with Crippen LogP contribution in [0.25, 0.3) is 0 Å². The quantitative estimate of drug-likeness (QED) is 0.751. The van der Waals surface area contributed by atoms with Gasteiger partial charge in [0.05, 0.1) is 27.6 Å². The normalized spacial score (nSPS) is 16.2. The summed E-state index contributed by atoms with van der Waals surface area (Å²) in [4.78, 5) is 12.4. The van der Waals surface area contributed by atoms with Crippen LogP contribution in [0.5, 0.6) is 17.2 Å². The van der Waals surface area contributed by atoms with Crippen molar-refractivity contribution in [2.75, 3.05) is 40.7 Å². The molecule has 1 aliphatic heterocycles. The van der Waals surface area contributed by atoms with Crippen LogP contribution in [0.1, 0.15) is 18.4 Å². The third-order valence-electron chi connectivity index (χ3n) is 4.48. The van der Waals surface area contributed by atoms with Crippen molar-refractivity contribution in [2.45, 2.75) is 19.4 Å². The van der Waals surface area contributed by atoms with Gasteiger partial charge in [-0.05, 0) is 30.5 Å². The summed E-state index contributed by atoms with van der Waals surface area (Å²) < 4.78 is 40.4. The summed E-state index contributed by atoms with van der Waals surface area (Å²) in [6.07, 6.45) is 2.24. The molecule has 1 saturated heterocycles.